The lowest BCUT2D eigenvalue weighted by atomic mass is 10.2. The van der Waals surface area contributed by atoms with Crippen molar-refractivity contribution in [3.05, 3.63) is 18.0 Å². The van der Waals surface area contributed by atoms with Crippen LogP contribution in [0.15, 0.2) is 12.3 Å². The van der Waals surface area contributed by atoms with Crippen LogP contribution in [-0.2, 0) is 0 Å². The standard InChI is InChI=1S/C12H15NO4/c1-12(3-4-12)7-17-10-6-13-8(11(14)15)5-9(10)16-2/h5-6H,3-4,7H2,1-2H3,(H,14,15). The van der Waals surface area contributed by atoms with E-state index in [1.807, 2.05) is 0 Å². The van der Waals surface area contributed by atoms with E-state index in [2.05, 4.69) is 11.9 Å². The van der Waals surface area contributed by atoms with E-state index in [1.165, 1.54) is 19.4 Å². The van der Waals surface area contributed by atoms with Gasteiger partial charge in [-0.05, 0) is 12.8 Å². The number of nitrogens with zero attached hydrogens (tertiary/aromatic N) is 1. The number of carboxylic acids is 1. The van der Waals surface area contributed by atoms with Crippen molar-refractivity contribution in [3.8, 4) is 11.5 Å². The smallest absolute Gasteiger partial charge is 0.354 e. The minimum atomic E-state index is -1.08. The molecule has 92 valence electrons. The number of hydrogen-bond donors (Lipinski definition) is 1. The van der Waals surface area contributed by atoms with Gasteiger partial charge in [0.2, 0.25) is 0 Å². The van der Waals surface area contributed by atoms with E-state index >= 15 is 0 Å². The summed E-state index contributed by atoms with van der Waals surface area (Å²) in [6.07, 6.45) is 3.72. The molecule has 5 heteroatoms. The summed E-state index contributed by atoms with van der Waals surface area (Å²) in [5.74, 6) is -0.184. The number of carbonyl (C=O) groups is 1. The number of aromatic nitrogens is 1. The van der Waals surface area contributed by atoms with Crippen LogP contribution in [0, 0.1) is 5.41 Å². The van der Waals surface area contributed by atoms with Gasteiger partial charge in [0, 0.05) is 11.5 Å². The van der Waals surface area contributed by atoms with Crippen molar-refractivity contribution in [1.82, 2.24) is 4.98 Å². The van der Waals surface area contributed by atoms with Crippen LogP contribution in [0.2, 0.25) is 0 Å². The third kappa shape index (κ3) is 2.67. The minimum absolute atomic E-state index is 0.0492. The lowest BCUT2D eigenvalue weighted by Gasteiger charge is -2.13. The van der Waals surface area contributed by atoms with Crippen molar-refractivity contribution in [2.45, 2.75) is 19.8 Å². The molecule has 0 aromatic carbocycles. The molecule has 1 aromatic rings. The Morgan fingerprint density at radius 1 is 1.53 bits per heavy atom. The summed E-state index contributed by atoms with van der Waals surface area (Å²) in [4.78, 5) is 14.6. The quantitative estimate of drug-likeness (QED) is 0.847. The maximum absolute atomic E-state index is 10.7. The zero-order chi connectivity index (χ0) is 12.5. The highest BCUT2D eigenvalue weighted by atomic mass is 16.5. The van der Waals surface area contributed by atoms with E-state index in [4.69, 9.17) is 14.6 Å². The highest BCUT2D eigenvalue weighted by molar-refractivity contribution is 5.86. The molecule has 1 aliphatic rings. The second-order valence-electron chi connectivity index (χ2n) is 4.62. The minimum Gasteiger partial charge on any atom is -0.493 e. The molecular weight excluding hydrogens is 222 g/mol. The van der Waals surface area contributed by atoms with Crippen LogP contribution in [0.3, 0.4) is 0 Å². The predicted molar refractivity (Wildman–Crippen MR) is 60.6 cm³/mol. The molecule has 0 bridgehead atoms. The van der Waals surface area contributed by atoms with Crippen molar-refractivity contribution in [2.24, 2.45) is 5.41 Å². The zero-order valence-corrected chi connectivity index (χ0v) is 9.90. The molecule has 0 radical (unpaired) electrons. The maximum Gasteiger partial charge on any atom is 0.354 e. The van der Waals surface area contributed by atoms with E-state index < -0.39 is 5.97 Å². The fourth-order valence-electron chi connectivity index (χ4n) is 1.42. The molecule has 1 N–H and O–H groups in total. The van der Waals surface area contributed by atoms with Gasteiger partial charge in [0.25, 0.3) is 0 Å². The Morgan fingerprint density at radius 3 is 2.76 bits per heavy atom. The Hall–Kier alpha value is -1.78. The second-order valence-corrected chi connectivity index (χ2v) is 4.62. The van der Waals surface area contributed by atoms with Gasteiger partial charge >= 0.3 is 5.97 Å². The topological polar surface area (TPSA) is 68.7 Å². The molecule has 0 aliphatic heterocycles. The second kappa shape index (κ2) is 4.24. The van der Waals surface area contributed by atoms with Crippen molar-refractivity contribution in [3.63, 3.8) is 0 Å². The first-order valence-electron chi connectivity index (χ1n) is 5.44. The lowest BCUT2D eigenvalue weighted by Crippen LogP contribution is -2.10. The van der Waals surface area contributed by atoms with E-state index in [1.54, 1.807) is 0 Å². The molecule has 1 aromatic heterocycles. The number of hydrogen-bond acceptors (Lipinski definition) is 4. The molecule has 1 heterocycles. The number of carboxylic acid groups (broad SMARTS) is 1. The SMILES string of the molecule is COc1cc(C(=O)O)ncc1OCC1(C)CC1. The molecular formula is C12H15NO4. The van der Waals surface area contributed by atoms with Gasteiger partial charge in [-0.3, -0.25) is 0 Å². The summed E-state index contributed by atoms with van der Waals surface area (Å²) in [5.41, 5.74) is 0.211. The van der Waals surface area contributed by atoms with Gasteiger partial charge in [0.1, 0.15) is 0 Å². The molecule has 0 amide bonds. The van der Waals surface area contributed by atoms with Crippen LogP contribution in [0.1, 0.15) is 30.3 Å². The van der Waals surface area contributed by atoms with Crippen molar-refractivity contribution < 1.29 is 19.4 Å². The van der Waals surface area contributed by atoms with E-state index in [-0.39, 0.29) is 11.1 Å². The van der Waals surface area contributed by atoms with Gasteiger partial charge in [0.05, 0.1) is 19.9 Å². The molecule has 1 fully saturated rings. The van der Waals surface area contributed by atoms with Crippen LogP contribution < -0.4 is 9.47 Å². The number of methoxy groups -OCH3 is 1. The van der Waals surface area contributed by atoms with E-state index in [9.17, 15) is 4.79 Å². The predicted octanol–water partition coefficient (Wildman–Crippen LogP) is 1.97. The Labute approximate surface area is 99.4 Å². The Balaban J connectivity index is 2.12. The maximum atomic E-state index is 10.7. The average Bonchev–Trinajstić information content (AvgIpc) is 3.05. The average molecular weight is 237 g/mol. The third-order valence-corrected chi connectivity index (χ3v) is 2.95. The molecule has 0 atom stereocenters. The Morgan fingerprint density at radius 2 is 2.24 bits per heavy atom. The van der Waals surface area contributed by atoms with Crippen molar-refractivity contribution in [1.29, 1.82) is 0 Å². The highest BCUT2D eigenvalue weighted by Crippen LogP contribution is 2.45. The summed E-state index contributed by atoms with van der Waals surface area (Å²) in [6.45, 7) is 2.76. The molecule has 1 saturated carbocycles. The normalized spacial score (nSPS) is 16.4. The van der Waals surface area contributed by atoms with Crippen LogP contribution in [-0.4, -0.2) is 29.8 Å². The van der Waals surface area contributed by atoms with Gasteiger partial charge < -0.3 is 14.6 Å². The van der Waals surface area contributed by atoms with Crippen LogP contribution >= 0.6 is 0 Å². The summed E-state index contributed by atoms with van der Waals surface area (Å²) in [5, 5.41) is 8.81. The molecule has 5 nitrogen and oxygen atoms in total. The third-order valence-electron chi connectivity index (χ3n) is 2.95. The molecule has 2 rings (SSSR count). The number of ether oxygens (including phenoxy) is 2. The van der Waals surface area contributed by atoms with Crippen molar-refractivity contribution >= 4 is 5.97 Å². The first kappa shape index (κ1) is 11.7. The zero-order valence-electron chi connectivity index (χ0n) is 9.90. The monoisotopic (exact) mass is 237 g/mol. The van der Waals surface area contributed by atoms with Gasteiger partial charge in [0.15, 0.2) is 17.2 Å². The van der Waals surface area contributed by atoms with Gasteiger partial charge in [-0.2, -0.15) is 0 Å². The van der Waals surface area contributed by atoms with Gasteiger partial charge in [-0.1, -0.05) is 6.92 Å². The number of pyridine rings is 1. The fraction of sp³-hybridized carbons (Fsp3) is 0.500. The lowest BCUT2D eigenvalue weighted by molar-refractivity contribution is 0.0689. The number of rotatable bonds is 5. The molecule has 0 unspecified atom stereocenters. The van der Waals surface area contributed by atoms with Crippen LogP contribution in [0.5, 0.6) is 11.5 Å². The summed E-state index contributed by atoms with van der Waals surface area (Å²) in [6, 6.07) is 1.37. The van der Waals surface area contributed by atoms with Gasteiger partial charge in [-0.15, -0.1) is 0 Å². The molecule has 1 aliphatic carbocycles. The van der Waals surface area contributed by atoms with Crippen LogP contribution in [0.4, 0.5) is 0 Å². The van der Waals surface area contributed by atoms with Crippen molar-refractivity contribution in [2.75, 3.05) is 13.7 Å². The number of aromatic carboxylic acids is 1. The first-order chi connectivity index (χ1) is 8.04. The molecule has 0 saturated heterocycles. The van der Waals surface area contributed by atoms with Crippen LogP contribution in [0.25, 0.3) is 0 Å². The fourth-order valence-corrected chi connectivity index (χ4v) is 1.42. The Bertz CT molecular complexity index is 440. The molecule has 0 spiro atoms. The highest BCUT2D eigenvalue weighted by Gasteiger charge is 2.38. The Kier molecular flexibility index (Phi) is 2.92. The summed E-state index contributed by atoms with van der Waals surface area (Å²) < 4.78 is 10.7. The summed E-state index contributed by atoms with van der Waals surface area (Å²) >= 11 is 0. The van der Waals surface area contributed by atoms with Gasteiger partial charge in [-0.25, -0.2) is 9.78 Å². The van der Waals surface area contributed by atoms with E-state index in [0.717, 1.165) is 12.8 Å². The molecule has 17 heavy (non-hydrogen) atoms. The first-order valence-corrected chi connectivity index (χ1v) is 5.44. The summed E-state index contributed by atoms with van der Waals surface area (Å²) in [7, 11) is 1.48. The van der Waals surface area contributed by atoms with E-state index in [0.29, 0.717) is 18.1 Å². The largest absolute Gasteiger partial charge is 0.493 e.